The molecule has 1 unspecified atom stereocenters. The summed E-state index contributed by atoms with van der Waals surface area (Å²) in [6, 6.07) is 12.3. The van der Waals surface area contributed by atoms with Crippen LogP contribution >= 0.6 is 39.5 Å². The van der Waals surface area contributed by atoms with E-state index < -0.39 is 13.8 Å². The highest BCUT2D eigenvalue weighted by atomic mass is 79.9. The summed E-state index contributed by atoms with van der Waals surface area (Å²) < 4.78 is 47.4. The van der Waals surface area contributed by atoms with E-state index in [9.17, 15) is 13.3 Å². The lowest BCUT2D eigenvalue weighted by molar-refractivity contribution is 0.149. The molecule has 26 heavy (non-hydrogen) atoms. The predicted molar refractivity (Wildman–Crippen MR) is 103 cm³/mol. The zero-order valence-corrected chi connectivity index (χ0v) is 17.4. The van der Waals surface area contributed by atoms with E-state index >= 15 is 0 Å². The molecule has 2 rings (SSSR count). The summed E-state index contributed by atoms with van der Waals surface area (Å²) in [6.45, 7) is 0.679. The Labute approximate surface area is 166 Å². The van der Waals surface area contributed by atoms with Crippen molar-refractivity contribution in [3.05, 3.63) is 68.6 Å². The van der Waals surface area contributed by atoms with Gasteiger partial charge in [-0.15, -0.1) is 0 Å². The van der Waals surface area contributed by atoms with E-state index in [-0.39, 0.29) is 12.4 Å². The minimum absolute atomic E-state index is 0.130. The minimum Gasteiger partial charge on any atom is -0.420 e. The normalized spacial score (nSPS) is 13.9. The van der Waals surface area contributed by atoms with Crippen LogP contribution in [0, 0.1) is 0 Å². The van der Waals surface area contributed by atoms with Crippen LogP contribution in [0.15, 0.2) is 57.5 Å². The number of hydrogen-bond acceptors (Lipinski definition) is 3. The summed E-state index contributed by atoms with van der Waals surface area (Å²) >= 11 is 6.50. The minimum atomic E-state index is -5.00. The first-order valence-electron chi connectivity index (χ1n) is 7.36. The number of alkyl halides is 2. The second kappa shape index (κ2) is 9.76. The van der Waals surface area contributed by atoms with Gasteiger partial charge in [0, 0.05) is 4.47 Å². The van der Waals surface area contributed by atoms with Crippen LogP contribution in [-0.4, -0.2) is 17.7 Å². The van der Waals surface area contributed by atoms with E-state index in [2.05, 4.69) is 36.4 Å². The maximum Gasteiger partial charge on any atom is 0.442 e. The van der Waals surface area contributed by atoms with Crippen LogP contribution in [0.2, 0.25) is 0 Å². The molecule has 1 N–H and O–H groups in total. The molecule has 0 radical (unpaired) electrons. The van der Waals surface area contributed by atoms with Crippen LogP contribution in [-0.2, 0) is 15.9 Å². The lowest BCUT2D eigenvalue weighted by atomic mass is 10.2. The first-order chi connectivity index (χ1) is 12.3. The number of ether oxygens (including phenoxy) is 1. The quantitative estimate of drug-likeness (QED) is 0.337. The summed E-state index contributed by atoms with van der Waals surface area (Å²) in [6.07, 6.45) is 0.345. The Morgan fingerprint density at radius 1 is 1.15 bits per heavy atom. The van der Waals surface area contributed by atoms with E-state index in [0.29, 0.717) is 11.1 Å². The average Bonchev–Trinajstić information content (AvgIpc) is 2.58. The third-order valence-electron chi connectivity index (χ3n) is 3.14. The Hall–Kier alpha value is -1.05. The molecule has 0 saturated heterocycles. The highest BCUT2D eigenvalue weighted by molar-refractivity contribution is 9.10. The molecule has 0 spiro atoms. The van der Waals surface area contributed by atoms with E-state index in [4.69, 9.17) is 9.63 Å². The van der Waals surface area contributed by atoms with Gasteiger partial charge in [-0.1, -0.05) is 46.3 Å². The molecule has 0 aliphatic heterocycles. The molecule has 1 atom stereocenters. The van der Waals surface area contributed by atoms with Crippen molar-refractivity contribution in [2.24, 2.45) is 0 Å². The second-order valence-corrected chi connectivity index (χ2v) is 8.64. The molecule has 4 nitrogen and oxygen atoms in total. The summed E-state index contributed by atoms with van der Waals surface area (Å²) in [4.78, 5) is 9.08. The van der Waals surface area contributed by atoms with Crippen molar-refractivity contribution in [1.82, 2.24) is 0 Å². The fourth-order valence-electron chi connectivity index (χ4n) is 1.89. The Kier molecular flexibility index (Phi) is 7.98. The molecular weight excluding hydrogens is 497 g/mol. The van der Waals surface area contributed by atoms with Gasteiger partial charge in [-0.05, 0) is 51.3 Å². The summed E-state index contributed by atoms with van der Waals surface area (Å²) in [7, 11) is -5.00. The molecule has 0 aromatic heterocycles. The summed E-state index contributed by atoms with van der Waals surface area (Å²) in [5.74, 6) is -0.130. The van der Waals surface area contributed by atoms with Crippen molar-refractivity contribution in [3.8, 4) is 5.75 Å². The Morgan fingerprint density at radius 3 is 2.46 bits per heavy atom. The molecule has 2 aromatic carbocycles. The van der Waals surface area contributed by atoms with Crippen molar-refractivity contribution in [1.29, 1.82) is 0 Å². The first-order valence-corrected chi connectivity index (χ1v) is 10.6. The zero-order valence-electron chi connectivity index (χ0n) is 13.3. The van der Waals surface area contributed by atoms with Crippen molar-refractivity contribution in [3.63, 3.8) is 0 Å². The van der Waals surface area contributed by atoms with Gasteiger partial charge in [0.05, 0.1) is 17.7 Å². The average molecular weight is 512 g/mol. The monoisotopic (exact) mass is 510 g/mol. The highest BCUT2D eigenvalue weighted by Crippen LogP contribution is 2.50. The Bertz CT molecular complexity index is 813. The van der Waals surface area contributed by atoms with Gasteiger partial charge in [-0.25, -0.2) is 4.57 Å². The SMILES string of the molecule is O=P(O)(Oc1ccc(COCC=Cc2ccc(Br)cc2)cc1Br)C(F)F. The number of benzene rings is 2. The van der Waals surface area contributed by atoms with Crippen LogP contribution in [0.4, 0.5) is 8.78 Å². The van der Waals surface area contributed by atoms with Crippen molar-refractivity contribution < 1.29 is 27.5 Å². The van der Waals surface area contributed by atoms with Gasteiger partial charge in [-0.3, -0.25) is 0 Å². The maximum atomic E-state index is 12.4. The van der Waals surface area contributed by atoms with Crippen molar-refractivity contribution in [2.45, 2.75) is 12.8 Å². The second-order valence-electron chi connectivity index (χ2n) is 5.17. The van der Waals surface area contributed by atoms with Crippen molar-refractivity contribution in [2.75, 3.05) is 6.61 Å². The van der Waals surface area contributed by atoms with Crippen LogP contribution in [0.5, 0.6) is 5.75 Å². The molecule has 0 amide bonds. The Balaban J connectivity index is 1.86. The van der Waals surface area contributed by atoms with E-state index in [1.807, 2.05) is 36.4 Å². The number of halogens is 4. The lowest BCUT2D eigenvalue weighted by Gasteiger charge is -2.14. The van der Waals surface area contributed by atoms with E-state index in [1.54, 1.807) is 12.1 Å². The smallest absolute Gasteiger partial charge is 0.420 e. The Morgan fingerprint density at radius 2 is 1.85 bits per heavy atom. The predicted octanol–water partition coefficient (Wildman–Crippen LogP) is 6.23. The lowest BCUT2D eigenvalue weighted by Crippen LogP contribution is -2.01. The largest absolute Gasteiger partial charge is 0.442 e. The topological polar surface area (TPSA) is 55.8 Å². The standard InChI is InChI=1S/C17H15Br2F2O4P/c18-14-6-3-12(4-7-14)2-1-9-24-11-13-5-8-16(15(19)10-13)25-26(22,23)17(20)21/h1-8,10,17H,9,11H2,(H,22,23). The molecule has 0 heterocycles. The van der Waals surface area contributed by atoms with Gasteiger partial charge in [0.2, 0.25) is 0 Å². The molecule has 140 valence electrons. The molecule has 2 aromatic rings. The molecule has 0 bridgehead atoms. The third kappa shape index (κ3) is 6.59. The van der Waals surface area contributed by atoms with Gasteiger partial charge in [0.25, 0.3) is 0 Å². The van der Waals surface area contributed by atoms with Gasteiger partial charge in [-0.2, -0.15) is 8.78 Å². The summed E-state index contributed by atoms with van der Waals surface area (Å²) in [5.41, 5.74) is 1.81. The third-order valence-corrected chi connectivity index (χ3v) is 5.24. The molecule has 0 fully saturated rings. The highest BCUT2D eigenvalue weighted by Gasteiger charge is 2.34. The fraction of sp³-hybridized carbons (Fsp3) is 0.176. The molecule has 0 aliphatic carbocycles. The van der Waals surface area contributed by atoms with Crippen LogP contribution in [0.25, 0.3) is 6.08 Å². The molecule has 0 saturated carbocycles. The van der Waals surface area contributed by atoms with Gasteiger partial charge >= 0.3 is 13.8 Å². The zero-order chi connectivity index (χ0) is 19.2. The molecule has 9 heteroatoms. The number of hydrogen-bond donors (Lipinski definition) is 1. The van der Waals surface area contributed by atoms with Crippen LogP contribution < -0.4 is 4.52 Å². The van der Waals surface area contributed by atoms with Crippen LogP contribution in [0.3, 0.4) is 0 Å². The van der Waals surface area contributed by atoms with Gasteiger partial charge < -0.3 is 14.2 Å². The number of rotatable bonds is 8. The first kappa shape index (κ1) is 21.3. The molecule has 0 aliphatic rings. The van der Waals surface area contributed by atoms with Crippen molar-refractivity contribution >= 4 is 45.5 Å². The maximum absolute atomic E-state index is 12.4. The van der Waals surface area contributed by atoms with Crippen LogP contribution in [0.1, 0.15) is 11.1 Å². The molecular formula is C17H15Br2F2O4P. The van der Waals surface area contributed by atoms with E-state index in [1.165, 1.54) is 6.07 Å². The van der Waals surface area contributed by atoms with Gasteiger partial charge in [0.15, 0.2) is 0 Å². The van der Waals surface area contributed by atoms with Gasteiger partial charge in [0.1, 0.15) is 5.75 Å². The summed E-state index contributed by atoms with van der Waals surface area (Å²) in [5, 5.41) is 0. The fourth-order valence-corrected chi connectivity index (χ4v) is 3.31. The van der Waals surface area contributed by atoms with E-state index in [0.717, 1.165) is 15.6 Å².